The van der Waals surface area contributed by atoms with Crippen molar-refractivity contribution in [3.8, 4) is 11.5 Å². The van der Waals surface area contributed by atoms with Crippen LogP contribution in [0.2, 0.25) is 0 Å². The lowest BCUT2D eigenvalue weighted by Gasteiger charge is -2.06. The molecule has 0 saturated carbocycles. The molecule has 0 amide bonds. The molecule has 82 valence electrons. The van der Waals surface area contributed by atoms with E-state index in [4.69, 9.17) is 0 Å². The molecule has 1 N–H and O–H groups in total. The van der Waals surface area contributed by atoms with E-state index >= 15 is 0 Å². The van der Waals surface area contributed by atoms with Gasteiger partial charge in [0.05, 0.1) is 3.57 Å². The molecule has 0 unspecified atom stereocenters. The fourth-order valence-corrected chi connectivity index (χ4v) is 1.66. The second-order valence-corrected chi connectivity index (χ2v) is 4.18. The smallest absolute Gasteiger partial charge is 0.180 e. The maximum atomic E-state index is 4.41. The summed E-state index contributed by atoms with van der Waals surface area (Å²) in [5.41, 5.74) is 0.727. The Balaban J connectivity index is 2.40. The minimum absolute atomic E-state index is 0.610. The molecular weight excluding hydrogens is 317 g/mol. The van der Waals surface area contributed by atoms with Crippen LogP contribution in [0.15, 0.2) is 24.8 Å². The van der Waals surface area contributed by atoms with Crippen LogP contribution in [0.4, 0.5) is 5.82 Å². The van der Waals surface area contributed by atoms with Crippen LogP contribution in [-0.4, -0.2) is 26.5 Å². The third kappa shape index (κ3) is 2.43. The number of anilines is 1. The van der Waals surface area contributed by atoms with Crippen molar-refractivity contribution in [3.63, 3.8) is 0 Å². The third-order valence-electron chi connectivity index (χ3n) is 1.90. The van der Waals surface area contributed by atoms with Crippen molar-refractivity contribution in [3.05, 3.63) is 28.4 Å². The fourth-order valence-electron chi connectivity index (χ4n) is 1.20. The van der Waals surface area contributed by atoms with Crippen molar-refractivity contribution in [2.75, 3.05) is 11.9 Å². The summed E-state index contributed by atoms with van der Waals surface area (Å²) in [6.45, 7) is 2.86. The Morgan fingerprint density at radius 1 is 1.38 bits per heavy atom. The summed E-state index contributed by atoms with van der Waals surface area (Å²) in [6, 6.07) is 1.79. The minimum Gasteiger partial charge on any atom is -0.369 e. The van der Waals surface area contributed by atoms with E-state index in [0.717, 1.165) is 21.6 Å². The van der Waals surface area contributed by atoms with Crippen LogP contribution >= 0.6 is 22.6 Å². The highest BCUT2D eigenvalue weighted by atomic mass is 127. The van der Waals surface area contributed by atoms with Crippen LogP contribution in [0.3, 0.4) is 0 Å². The first-order valence-electron chi connectivity index (χ1n) is 4.84. The van der Waals surface area contributed by atoms with Crippen LogP contribution in [0, 0.1) is 3.57 Å². The Morgan fingerprint density at radius 2 is 2.25 bits per heavy atom. The quantitative estimate of drug-likeness (QED) is 0.874. The number of hydrogen-bond donors (Lipinski definition) is 1. The summed E-state index contributed by atoms with van der Waals surface area (Å²) in [5.74, 6) is 1.45. The number of aromatic nitrogens is 4. The molecule has 0 aromatic carbocycles. The topological polar surface area (TPSA) is 63.6 Å². The van der Waals surface area contributed by atoms with E-state index in [9.17, 15) is 0 Å². The van der Waals surface area contributed by atoms with Gasteiger partial charge >= 0.3 is 0 Å². The first-order chi connectivity index (χ1) is 7.81. The monoisotopic (exact) mass is 327 g/mol. The molecule has 2 rings (SSSR count). The molecule has 0 aliphatic heterocycles. The van der Waals surface area contributed by atoms with Crippen molar-refractivity contribution in [1.29, 1.82) is 0 Å². The Bertz CT molecular complexity index is 474. The van der Waals surface area contributed by atoms with Crippen LogP contribution in [-0.2, 0) is 0 Å². The zero-order valence-corrected chi connectivity index (χ0v) is 10.8. The van der Waals surface area contributed by atoms with Gasteiger partial charge in [0.25, 0.3) is 0 Å². The Labute approximate surface area is 107 Å². The summed E-state index contributed by atoms with van der Waals surface area (Å²) in [7, 11) is 0. The van der Waals surface area contributed by atoms with Crippen LogP contribution in [0.1, 0.15) is 6.92 Å². The lowest BCUT2D eigenvalue weighted by Crippen LogP contribution is -2.04. The average Bonchev–Trinajstić information content (AvgIpc) is 2.33. The molecule has 0 spiro atoms. The second-order valence-electron chi connectivity index (χ2n) is 3.02. The van der Waals surface area contributed by atoms with Crippen molar-refractivity contribution < 1.29 is 0 Å². The molecule has 0 aliphatic carbocycles. The molecule has 0 saturated heterocycles. The molecule has 0 fully saturated rings. The first kappa shape index (κ1) is 11.2. The van der Waals surface area contributed by atoms with Crippen molar-refractivity contribution >= 4 is 28.4 Å². The van der Waals surface area contributed by atoms with Crippen molar-refractivity contribution in [1.82, 2.24) is 19.9 Å². The van der Waals surface area contributed by atoms with Gasteiger partial charge in [-0.3, -0.25) is 0 Å². The highest BCUT2D eigenvalue weighted by molar-refractivity contribution is 14.1. The minimum atomic E-state index is 0.610. The fraction of sp³-hybridized carbons (Fsp3) is 0.200. The second kappa shape index (κ2) is 5.15. The molecule has 6 heteroatoms. The number of hydrogen-bond acceptors (Lipinski definition) is 5. The zero-order valence-electron chi connectivity index (χ0n) is 8.68. The van der Waals surface area contributed by atoms with Gasteiger partial charge in [-0.05, 0) is 35.6 Å². The molecule has 0 atom stereocenters. The van der Waals surface area contributed by atoms with Gasteiger partial charge in [-0.15, -0.1) is 0 Å². The standard InChI is InChI=1S/C10H10IN5/c1-2-13-9-7(11)5-14-10(16-9)8-3-4-12-6-15-8/h3-6H,2H2,1H3,(H,13,14,16). The Hall–Kier alpha value is -1.31. The van der Waals surface area contributed by atoms with Gasteiger partial charge in [0.15, 0.2) is 5.82 Å². The predicted molar refractivity (Wildman–Crippen MR) is 69.9 cm³/mol. The highest BCUT2D eigenvalue weighted by Gasteiger charge is 2.06. The van der Waals surface area contributed by atoms with E-state index < -0.39 is 0 Å². The number of nitrogens with zero attached hydrogens (tertiary/aromatic N) is 4. The number of halogens is 1. The molecule has 0 radical (unpaired) electrons. The summed E-state index contributed by atoms with van der Waals surface area (Å²) in [4.78, 5) is 16.6. The van der Waals surface area contributed by atoms with Crippen molar-refractivity contribution in [2.45, 2.75) is 6.92 Å². The maximum Gasteiger partial charge on any atom is 0.180 e. The van der Waals surface area contributed by atoms with Gasteiger partial charge in [-0.25, -0.2) is 19.9 Å². The SMILES string of the molecule is CCNc1nc(-c2ccncn2)ncc1I. The first-order valence-corrected chi connectivity index (χ1v) is 5.92. The van der Waals surface area contributed by atoms with Gasteiger partial charge in [-0.2, -0.15) is 0 Å². The van der Waals surface area contributed by atoms with Gasteiger partial charge in [0, 0.05) is 18.9 Å². The van der Waals surface area contributed by atoms with Crippen molar-refractivity contribution in [2.24, 2.45) is 0 Å². The summed E-state index contributed by atoms with van der Waals surface area (Å²) >= 11 is 2.20. The largest absolute Gasteiger partial charge is 0.369 e. The maximum absolute atomic E-state index is 4.41. The molecule has 16 heavy (non-hydrogen) atoms. The Morgan fingerprint density at radius 3 is 2.94 bits per heavy atom. The number of rotatable bonds is 3. The van der Waals surface area contributed by atoms with E-state index in [1.165, 1.54) is 6.33 Å². The predicted octanol–water partition coefficient (Wildman–Crippen LogP) is 1.97. The van der Waals surface area contributed by atoms with Crippen LogP contribution in [0.25, 0.3) is 11.5 Å². The molecule has 5 nitrogen and oxygen atoms in total. The van der Waals surface area contributed by atoms with Gasteiger partial charge in [0.2, 0.25) is 0 Å². The van der Waals surface area contributed by atoms with E-state index in [1.54, 1.807) is 18.5 Å². The Kier molecular flexibility index (Phi) is 3.60. The molecule has 2 aromatic rings. The summed E-state index contributed by atoms with van der Waals surface area (Å²) < 4.78 is 0.997. The summed E-state index contributed by atoms with van der Waals surface area (Å²) in [5, 5.41) is 3.18. The zero-order chi connectivity index (χ0) is 11.4. The lowest BCUT2D eigenvalue weighted by atomic mass is 10.4. The van der Waals surface area contributed by atoms with Crippen LogP contribution in [0.5, 0.6) is 0 Å². The average molecular weight is 327 g/mol. The number of nitrogens with one attached hydrogen (secondary N) is 1. The highest BCUT2D eigenvalue weighted by Crippen LogP contribution is 2.18. The van der Waals surface area contributed by atoms with E-state index in [1.807, 2.05) is 6.92 Å². The van der Waals surface area contributed by atoms with E-state index in [-0.39, 0.29) is 0 Å². The summed E-state index contributed by atoms with van der Waals surface area (Å²) in [6.07, 6.45) is 4.95. The molecule has 2 aromatic heterocycles. The molecular formula is C10H10IN5. The lowest BCUT2D eigenvalue weighted by molar-refractivity contribution is 1.07. The normalized spacial score (nSPS) is 10.1. The van der Waals surface area contributed by atoms with E-state index in [0.29, 0.717) is 5.82 Å². The molecule has 2 heterocycles. The van der Waals surface area contributed by atoms with Crippen LogP contribution < -0.4 is 5.32 Å². The van der Waals surface area contributed by atoms with Gasteiger partial charge in [0.1, 0.15) is 17.8 Å². The van der Waals surface area contributed by atoms with E-state index in [2.05, 4.69) is 47.8 Å². The van der Waals surface area contributed by atoms with Gasteiger partial charge in [-0.1, -0.05) is 0 Å². The third-order valence-corrected chi connectivity index (χ3v) is 2.69. The molecule has 0 bridgehead atoms. The molecule has 0 aliphatic rings. The van der Waals surface area contributed by atoms with Gasteiger partial charge < -0.3 is 5.32 Å².